The molecule has 8 heteroatoms. The largest absolute Gasteiger partial charge is 0.497 e. The van der Waals surface area contributed by atoms with E-state index in [1.54, 1.807) is 43.5 Å². The first-order valence-electron chi connectivity index (χ1n) is 10.5. The van der Waals surface area contributed by atoms with Crippen LogP contribution in [0, 0.1) is 5.92 Å². The van der Waals surface area contributed by atoms with E-state index in [0.717, 1.165) is 23.2 Å². The van der Waals surface area contributed by atoms with Crippen LogP contribution in [0.15, 0.2) is 77.7 Å². The Hall–Kier alpha value is -2.67. The van der Waals surface area contributed by atoms with Crippen LogP contribution in [0.25, 0.3) is 0 Å². The Labute approximate surface area is 203 Å². The number of ether oxygens (including phenoxy) is 1. The topological polar surface area (TPSA) is 67.4 Å². The number of allylic oxidation sites excluding steroid dienone is 2. The third-order valence-corrected chi connectivity index (χ3v) is 8.39. The predicted molar refractivity (Wildman–Crippen MR) is 133 cm³/mol. The van der Waals surface area contributed by atoms with E-state index in [-0.39, 0.29) is 22.8 Å². The summed E-state index contributed by atoms with van der Waals surface area (Å²) in [6.45, 7) is 0. The third kappa shape index (κ3) is 4.19. The molecule has 0 bridgehead atoms. The Balaban J connectivity index is 1.48. The minimum Gasteiger partial charge on any atom is -0.497 e. The Bertz CT molecular complexity index is 1360. The highest BCUT2D eigenvalue weighted by Gasteiger charge is 2.38. The van der Waals surface area contributed by atoms with Gasteiger partial charge in [-0.05, 0) is 65.9 Å². The monoisotopic (exact) mass is 500 g/mol. The molecule has 0 spiro atoms. The molecule has 0 saturated carbocycles. The van der Waals surface area contributed by atoms with Gasteiger partial charge in [-0.2, -0.15) is 0 Å². The molecule has 0 radical (unpaired) electrons. The molecule has 0 aromatic heterocycles. The lowest BCUT2D eigenvalue weighted by molar-refractivity contribution is 0.415. The quantitative estimate of drug-likeness (QED) is 0.385. The number of fused-ring (bicyclic) bond motifs is 3. The fourth-order valence-electron chi connectivity index (χ4n) is 4.68. The molecule has 3 aromatic carbocycles. The number of sulfonamides is 1. The zero-order chi connectivity index (χ0) is 23.2. The summed E-state index contributed by atoms with van der Waals surface area (Å²) < 4.78 is 34.1. The third-order valence-electron chi connectivity index (χ3n) is 6.27. The molecule has 1 aliphatic carbocycles. The van der Waals surface area contributed by atoms with E-state index in [0.29, 0.717) is 21.5 Å². The second-order valence-electron chi connectivity index (χ2n) is 8.24. The summed E-state index contributed by atoms with van der Waals surface area (Å²) in [7, 11) is -2.22. The first-order valence-corrected chi connectivity index (χ1v) is 12.8. The van der Waals surface area contributed by atoms with Crippen LogP contribution >= 0.6 is 23.2 Å². The molecular formula is C25H22Cl2N2O3S. The molecule has 0 fully saturated rings. The minimum absolute atomic E-state index is 0.0460. The van der Waals surface area contributed by atoms with Crippen molar-refractivity contribution < 1.29 is 13.2 Å². The van der Waals surface area contributed by atoms with E-state index >= 15 is 0 Å². The zero-order valence-corrected chi connectivity index (χ0v) is 20.1. The highest BCUT2D eigenvalue weighted by molar-refractivity contribution is 7.92. The van der Waals surface area contributed by atoms with Crippen molar-refractivity contribution in [2.45, 2.75) is 23.3 Å². The lowest BCUT2D eigenvalue weighted by Gasteiger charge is -2.37. The summed E-state index contributed by atoms with van der Waals surface area (Å²) in [5.74, 6) is 0.934. The van der Waals surface area contributed by atoms with Gasteiger partial charge in [-0.1, -0.05) is 47.5 Å². The fraction of sp³-hybridized carbons (Fsp3) is 0.200. The smallest absolute Gasteiger partial charge is 0.261 e. The van der Waals surface area contributed by atoms with Gasteiger partial charge < -0.3 is 10.1 Å². The summed E-state index contributed by atoms with van der Waals surface area (Å²) in [4.78, 5) is 0.220. The van der Waals surface area contributed by atoms with Gasteiger partial charge in [0.15, 0.2) is 0 Å². The first kappa shape index (κ1) is 22.1. The van der Waals surface area contributed by atoms with E-state index in [2.05, 4.69) is 22.2 Å². The Kier molecular flexibility index (Phi) is 5.77. The molecule has 3 aromatic rings. The second-order valence-corrected chi connectivity index (χ2v) is 10.7. The van der Waals surface area contributed by atoms with Gasteiger partial charge in [-0.15, -0.1) is 0 Å². The highest BCUT2D eigenvalue weighted by Crippen LogP contribution is 2.50. The maximum atomic E-state index is 13.1. The number of hydrogen-bond acceptors (Lipinski definition) is 4. The molecule has 5 rings (SSSR count). The summed E-state index contributed by atoms with van der Waals surface area (Å²) >= 11 is 12.4. The van der Waals surface area contributed by atoms with Crippen molar-refractivity contribution in [2.24, 2.45) is 5.92 Å². The lowest BCUT2D eigenvalue weighted by atomic mass is 9.77. The van der Waals surface area contributed by atoms with Crippen molar-refractivity contribution in [3.8, 4) is 5.75 Å². The van der Waals surface area contributed by atoms with Crippen molar-refractivity contribution in [2.75, 3.05) is 17.1 Å². The molecule has 0 saturated heterocycles. The van der Waals surface area contributed by atoms with Crippen LogP contribution in [0.1, 0.15) is 29.5 Å². The van der Waals surface area contributed by atoms with Gasteiger partial charge in [0.2, 0.25) is 0 Å². The summed E-state index contributed by atoms with van der Waals surface area (Å²) in [5, 5.41) is 4.65. The van der Waals surface area contributed by atoms with Crippen molar-refractivity contribution in [1.82, 2.24) is 0 Å². The van der Waals surface area contributed by atoms with Gasteiger partial charge in [0, 0.05) is 17.7 Å². The molecule has 2 N–H and O–H groups in total. The molecule has 1 heterocycles. The minimum atomic E-state index is -3.77. The number of nitrogens with one attached hydrogen (secondary N) is 2. The number of rotatable bonds is 5. The summed E-state index contributed by atoms with van der Waals surface area (Å²) in [6, 6.07) is 17.8. The van der Waals surface area contributed by atoms with E-state index in [1.165, 1.54) is 0 Å². The van der Waals surface area contributed by atoms with Gasteiger partial charge in [0.1, 0.15) is 5.75 Å². The molecule has 170 valence electrons. The van der Waals surface area contributed by atoms with Gasteiger partial charge in [-0.25, -0.2) is 8.42 Å². The van der Waals surface area contributed by atoms with Gasteiger partial charge in [0.25, 0.3) is 10.0 Å². The number of halogens is 2. The SMILES string of the molecule is COc1cccc(NS(=O)(=O)c2ccc3c(c2)[C@H]2C=CC[C@H]2[C@@H](c2ccc(Cl)c(Cl)c2)N3)c1. The van der Waals surface area contributed by atoms with Gasteiger partial charge in [-0.3, -0.25) is 4.72 Å². The molecule has 33 heavy (non-hydrogen) atoms. The molecule has 3 atom stereocenters. The Morgan fingerprint density at radius 3 is 2.67 bits per heavy atom. The Morgan fingerprint density at radius 2 is 1.88 bits per heavy atom. The number of hydrogen-bond donors (Lipinski definition) is 2. The zero-order valence-electron chi connectivity index (χ0n) is 17.8. The highest BCUT2D eigenvalue weighted by atomic mass is 35.5. The normalized spacial score (nSPS) is 21.1. The molecular weight excluding hydrogens is 479 g/mol. The lowest BCUT2D eigenvalue weighted by Crippen LogP contribution is -2.29. The molecule has 2 aliphatic rings. The maximum absolute atomic E-state index is 13.1. The summed E-state index contributed by atoms with van der Waals surface area (Å²) in [5.41, 5.74) is 3.39. The number of methoxy groups -OCH3 is 1. The number of anilines is 2. The van der Waals surface area contributed by atoms with Crippen molar-refractivity contribution >= 4 is 44.6 Å². The summed E-state index contributed by atoms with van der Waals surface area (Å²) in [6.07, 6.45) is 5.22. The van der Waals surface area contributed by atoms with E-state index in [9.17, 15) is 8.42 Å². The van der Waals surface area contributed by atoms with Crippen LogP contribution in [0.4, 0.5) is 11.4 Å². The predicted octanol–water partition coefficient (Wildman–Crippen LogP) is 6.63. The van der Waals surface area contributed by atoms with Gasteiger partial charge in [0.05, 0.1) is 33.8 Å². The van der Waals surface area contributed by atoms with E-state index in [1.807, 2.05) is 24.3 Å². The Morgan fingerprint density at radius 1 is 1.03 bits per heavy atom. The molecule has 5 nitrogen and oxygen atoms in total. The van der Waals surface area contributed by atoms with Crippen LogP contribution < -0.4 is 14.8 Å². The molecule has 1 aliphatic heterocycles. The first-order chi connectivity index (χ1) is 15.9. The van der Waals surface area contributed by atoms with Crippen LogP contribution in [-0.2, 0) is 10.0 Å². The molecule has 0 amide bonds. The van der Waals surface area contributed by atoms with Crippen LogP contribution in [0.2, 0.25) is 10.0 Å². The van der Waals surface area contributed by atoms with E-state index in [4.69, 9.17) is 27.9 Å². The standard InChI is InChI=1S/C25H22Cl2N2O3S/c1-32-17-5-2-4-16(13-17)29-33(30,31)18-9-11-24-21(14-18)19-6-3-7-20(19)25(28-24)15-8-10-22(26)23(27)12-15/h2-6,8-14,19-20,25,28-29H,7H2,1H3/t19-,20+,25+/m0/s1. The average molecular weight is 501 g/mol. The van der Waals surface area contributed by atoms with Crippen LogP contribution in [0.5, 0.6) is 5.75 Å². The van der Waals surface area contributed by atoms with Crippen molar-refractivity contribution in [3.63, 3.8) is 0 Å². The van der Waals surface area contributed by atoms with E-state index < -0.39 is 10.0 Å². The fourth-order valence-corrected chi connectivity index (χ4v) is 6.07. The number of benzene rings is 3. The van der Waals surface area contributed by atoms with Crippen LogP contribution in [-0.4, -0.2) is 15.5 Å². The van der Waals surface area contributed by atoms with Crippen molar-refractivity contribution in [1.29, 1.82) is 0 Å². The van der Waals surface area contributed by atoms with Gasteiger partial charge >= 0.3 is 0 Å². The second kappa shape index (κ2) is 8.60. The van der Waals surface area contributed by atoms with Crippen LogP contribution in [0.3, 0.4) is 0 Å². The average Bonchev–Trinajstić information content (AvgIpc) is 3.30. The van der Waals surface area contributed by atoms with Crippen molar-refractivity contribution in [3.05, 3.63) is 94.0 Å². The molecule has 0 unspecified atom stereocenters. The maximum Gasteiger partial charge on any atom is 0.261 e.